The molecule has 2 N–H and O–H groups in total. The summed E-state index contributed by atoms with van der Waals surface area (Å²) in [6, 6.07) is 9.84. The van der Waals surface area contributed by atoms with E-state index in [1.54, 1.807) is 19.2 Å². The van der Waals surface area contributed by atoms with Gasteiger partial charge in [-0.3, -0.25) is 0 Å². The van der Waals surface area contributed by atoms with Crippen molar-refractivity contribution in [1.82, 2.24) is 4.98 Å². The van der Waals surface area contributed by atoms with E-state index in [9.17, 15) is 4.79 Å². The summed E-state index contributed by atoms with van der Waals surface area (Å²) in [4.78, 5) is 18.3. The van der Waals surface area contributed by atoms with Gasteiger partial charge in [0.1, 0.15) is 0 Å². The number of rotatable bonds is 3. The first kappa shape index (κ1) is 13.4. The van der Waals surface area contributed by atoms with Crippen molar-refractivity contribution in [1.29, 1.82) is 0 Å². The van der Waals surface area contributed by atoms with Gasteiger partial charge in [-0.05, 0) is 24.1 Å². The number of aromatic nitrogens is 1. The van der Waals surface area contributed by atoms with Crippen molar-refractivity contribution in [2.45, 2.75) is 20.0 Å². The number of hydrogen-bond donors (Lipinski definition) is 1. The number of anilines is 2. The second-order valence-electron chi connectivity index (χ2n) is 4.94. The average molecular weight is 283 g/mol. The molecule has 5 nitrogen and oxygen atoms in total. The molecule has 1 aromatic heterocycles. The lowest BCUT2D eigenvalue weighted by molar-refractivity contribution is 0.0527. The van der Waals surface area contributed by atoms with Crippen molar-refractivity contribution in [3.8, 4) is 0 Å². The summed E-state index contributed by atoms with van der Waals surface area (Å²) >= 11 is 0. The SMILES string of the molecule is CCOC(=O)c1ccnc(N2Cc3ccccc3C2)c1N. The molecule has 0 radical (unpaired) electrons. The van der Waals surface area contributed by atoms with E-state index < -0.39 is 5.97 Å². The van der Waals surface area contributed by atoms with Gasteiger partial charge in [-0.2, -0.15) is 0 Å². The quantitative estimate of drug-likeness (QED) is 0.876. The fourth-order valence-corrected chi connectivity index (χ4v) is 2.58. The standard InChI is InChI=1S/C16H17N3O2/c1-2-21-16(20)13-7-8-18-15(14(13)17)19-9-11-5-3-4-6-12(11)10-19/h3-8H,2,9-10,17H2,1H3. The van der Waals surface area contributed by atoms with Crippen LogP contribution in [0.2, 0.25) is 0 Å². The third-order valence-electron chi connectivity index (χ3n) is 3.60. The Hall–Kier alpha value is -2.56. The summed E-state index contributed by atoms with van der Waals surface area (Å²) in [5.41, 5.74) is 9.40. The van der Waals surface area contributed by atoms with E-state index in [4.69, 9.17) is 10.5 Å². The molecule has 0 saturated heterocycles. The number of ether oxygens (including phenoxy) is 1. The van der Waals surface area contributed by atoms with Crippen LogP contribution in [0.5, 0.6) is 0 Å². The molecule has 0 saturated carbocycles. The van der Waals surface area contributed by atoms with E-state index in [1.165, 1.54) is 11.1 Å². The minimum Gasteiger partial charge on any atom is -0.462 e. The Morgan fingerprint density at radius 1 is 1.29 bits per heavy atom. The van der Waals surface area contributed by atoms with Crippen LogP contribution in [0.4, 0.5) is 11.5 Å². The number of esters is 1. The summed E-state index contributed by atoms with van der Waals surface area (Å²) in [6.07, 6.45) is 1.60. The molecular weight excluding hydrogens is 266 g/mol. The van der Waals surface area contributed by atoms with Crippen LogP contribution in [-0.4, -0.2) is 17.6 Å². The topological polar surface area (TPSA) is 68.5 Å². The minimum absolute atomic E-state index is 0.324. The van der Waals surface area contributed by atoms with Crippen molar-refractivity contribution in [3.05, 3.63) is 53.2 Å². The largest absolute Gasteiger partial charge is 0.462 e. The normalized spacial score (nSPS) is 13.1. The highest BCUT2D eigenvalue weighted by Crippen LogP contribution is 2.32. The number of carbonyl (C=O) groups is 1. The van der Waals surface area contributed by atoms with E-state index in [2.05, 4.69) is 22.0 Å². The van der Waals surface area contributed by atoms with Gasteiger partial charge in [0.25, 0.3) is 0 Å². The fourth-order valence-electron chi connectivity index (χ4n) is 2.58. The highest BCUT2D eigenvalue weighted by atomic mass is 16.5. The Kier molecular flexibility index (Phi) is 3.48. The van der Waals surface area contributed by atoms with Crippen molar-refractivity contribution >= 4 is 17.5 Å². The number of benzene rings is 1. The molecule has 2 aromatic rings. The van der Waals surface area contributed by atoms with Gasteiger partial charge >= 0.3 is 5.97 Å². The first-order chi connectivity index (χ1) is 10.2. The molecule has 0 aliphatic carbocycles. The third kappa shape index (κ3) is 2.42. The highest BCUT2D eigenvalue weighted by molar-refractivity contribution is 5.97. The number of nitrogens with two attached hydrogens (primary N) is 1. The Bertz CT molecular complexity index is 660. The first-order valence-corrected chi connectivity index (χ1v) is 6.94. The van der Waals surface area contributed by atoms with E-state index in [1.807, 2.05) is 12.1 Å². The number of hydrogen-bond acceptors (Lipinski definition) is 5. The molecule has 5 heteroatoms. The molecule has 0 fully saturated rings. The maximum Gasteiger partial charge on any atom is 0.340 e. The van der Waals surface area contributed by atoms with Crippen molar-refractivity contribution in [2.24, 2.45) is 0 Å². The molecule has 108 valence electrons. The summed E-state index contributed by atoms with van der Waals surface area (Å²) in [5.74, 6) is 0.229. The van der Waals surface area contributed by atoms with Crippen molar-refractivity contribution in [2.75, 3.05) is 17.2 Å². The second kappa shape index (κ2) is 5.44. The Labute approximate surface area is 123 Å². The molecule has 3 rings (SSSR count). The van der Waals surface area contributed by atoms with Crippen LogP contribution in [0, 0.1) is 0 Å². The molecule has 2 heterocycles. The lowest BCUT2D eigenvalue weighted by Gasteiger charge is -2.19. The third-order valence-corrected chi connectivity index (χ3v) is 3.60. The van der Waals surface area contributed by atoms with Crippen LogP contribution in [0.25, 0.3) is 0 Å². The lowest BCUT2D eigenvalue weighted by atomic mass is 10.1. The lowest BCUT2D eigenvalue weighted by Crippen LogP contribution is -2.19. The molecule has 0 amide bonds. The molecule has 1 aromatic carbocycles. The van der Waals surface area contributed by atoms with Gasteiger partial charge in [-0.25, -0.2) is 9.78 Å². The van der Waals surface area contributed by atoms with Crippen LogP contribution in [0.3, 0.4) is 0 Å². The molecule has 1 aliphatic heterocycles. The van der Waals surface area contributed by atoms with E-state index in [0.717, 1.165) is 13.1 Å². The first-order valence-electron chi connectivity index (χ1n) is 6.94. The number of fused-ring (bicyclic) bond motifs is 1. The Morgan fingerprint density at radius 3 is 2.57 bits per heavy atom. The van der Waals surface area contributed by atoms with Crippen LogP contribution >= 0.6 is 0 Å². The van der Waals surface area contributed by atoms with Gasteiger partial charge in [-0.15, -0.1) is 0 Å². The smallest absolute Gasteiger partial charge is 0.340 e. The van der Waals surface area contributed by atoms with Crippen LogP contribution in [0.1, 0.15) is 28.4 Å². The molecule has 21 heavy (non-hydrogen) atoms. The van der Waals surface area contributed by atoms with E-state index >= 15 is 0 Å². The summed E-state index contributed by atoms with van der Waals surface area (Å²) in [5, 5.41) is 0. The fraction of sp³-hybridized carbons (Fsp3) is 0.250. The summed E-state index contributed by atoms with van der Waals surface area (Å²) in [7, 11) is 0. The predicted octanol–water partition coefficient (Wildman–Crippen LogP) is 2.36. The monoisotopic (exact) mass is 283 g/mol. The molecule has 0 bridgehead atoms. The average Bonchev–Trinajstić information content (AvgIpc) is 2.91. The highest BCUT2D eigenvalue weighted by Gasteiger charge is 2.23. The zero-order valence-electron chi connectivity index (χ0n) is 11.9. The summed E-state index contributed by atoms with van der Waals surface area (Å²) < 4.78 is 5.02. The van der Waals surface area contributed by atoms with Gasteiger partial charge in [0.05, 0.1) is 17.9 Å². The molecule has 0 spiro atoms. The summed E-state index contributed by atoms with van der Waals surface area (Å²) in [6.45, 7) is 3.59. The van der Waals surface area contributed by atoms with E-state index in [-0.39, 0.29) is 0 Å². The second-order valence-corrected chi connectivity index (χ2v) is 4.94. The van der Waals surface area contributed by atoms with Crippen LogP contribution < -0.4 is 10.6 Å². The zero-order chi connectivity index (χ0) is 14.8. The van der Waals surface area contributed by atoms with Gasteiger partial charge in [-0.1, -0.05) is 24.3 Å². The van der Waals surface area contributed by atoms with Gasteiger partial charge in [0, 0.05) is 19.3 Å². The van der Waals surface area contributed by atoms with Crippen LogP contribution in [-0.2, 0) is 17.8 Å². The number of pyridine rings is 1. The molecule has 0 atom stereocenters. The zero-order valence-corrected chi connectivity index (χ0v) is 11.9. The minimum atomic E-state index is -0.407. The van der Waals surface area contributed by atoms with Gasteiger partial charge in [0.15, 0.2) is 5.82 Å². The van der Waals surface area contributed by atoms with Crippen LogP contribution in [0.15, 0.2) is 36.5 Å². The van der Waals surface area contributed by atoms with Gasteiger partial charge < -0.3 is 15.4 Å². The van der Waals surface area contributed by atoms with E-state index in [0.29, 0.717) is 23.7 Å². The number of nitrogen functional groups attached to an aromatic ring is 1. The Balaban J connectivity index is 1.91. The Morgan fingerprint density at radius 2 is 1.95 bits per heavy atom. The molecule has 1 aliphatic rings. The molecule has 0 unspecified atom stereocenters. The number of carbonyl (C=O) groups excluding carboxylic acids is 1. The maximum absolute atomic E-state index is 11.9. The van der Waals surface area contributed by atoms with Crippen molar-refractivity contribution < 1.29 is 9.53 Å². The molecular formula is C16H17N3O2. The predicted molar refractivity (Wildman–Crippen MR) is 80.9 cm³/mol. The maximum atomic E-state index is 11.9. The van der Waals surface area contributed by atoms with Gasteiger partial charge in [0.2, 0.25) is 0 Å². The van der Waals surface area contributed by atoms with Crippen molar-refractivity contribution in [3.63, 3.8) is 0 Å². The number of nitrogens with zero attached hydrogens (tertiary/aromatic N) is 2.